The molecule has 222 valence electrons. The summed E-state index contributed by atoms with van der Waals surface area (Å²) in [6, 6.07) is 5.47. The molecular weight excluding hydrogens is 518 g/mol. The summed E-state index contributed by atoms with van der Waals surface area (Å²) >= 11 is 1.23. The molecule has 1 aromatic rings. The molecule has 2 amide bonds. The summed E-state index contributed by atoms with van der Waals surface area (Å²) < 4.78 is 16.5. The van der Waals surface area contributed by atoms with Crippen LogP contribution in [0.15, 0.2) is 18.2 Å². The number of carbonyl (C=O) groups excluding carboxylic acids is 2. The van der Waals surface area contributed by atoms with Crippen molar-refractivity contribution in [2.24, 2.45) is 29.4 Å². The first kappa shape index (κ1) is 33.2. The standard InChI is InChI=1S/C29H49N3O6S/c1-18(2)21(12-20-8-9-26(37-6)27(13-20)38-11-7-10-36-5)14-24(30)25(33)15-23(19(3)4)28(34)31-16-22-17-39-29(35)32-22/h8-9,13,18-19,21-25,33H,7,10-12,14-17,30H2,1-6H3,(H,31,34)(H,32,35)/t21-,22?,23+,24-,25-/m0/s1. The summed E-state index contributed by atoms with van der Waals surface area (Å²) in [6.45, 7) is 9.85. The van der Waals surface area contributed by atoms with Gasteiger partial charge in [0.2, 0.25) is 5.91 Å². The van der Waals surface area contributed by atoms with Gasteiger partial charge in [-0.15, -0.1) is 0 Å². The second-order valence-electron chi connectivity index (χ2n) is 11.1. The molecular formula is C29H49N3O6S. The van der Waals surface area contributed by atoms with E-state index in [1.54, 1.807) is 14.2 Å². The number of thioether (sulfide) groups is 1. The van der Waals surface area contributed by atoms with Crippen LogP contribution in [0, 0.1) is 23.7 Å². The fourth-order valence-corrected chi connectivity index (χ4v) is 5.56. The largest absolute Gasteiger partial charge is 0.493 e. The molecule has 0 saturated carbocycles. The normalized spacial score (nSPS) is 18.5. The first-order valence-corrected chi connectivity index (χ1v) is 15.0. The van der Waals surface area contributed by atoms with E-state index in [4.69, 9.17) is 19.9 Å². The van der Waals surface area contributed by atoms with E-state index in [1.165, 1.54) is 11.8 Å². The predicted molar refractivity (Wildman–Crippen MR) is 156 cm³/mol. The van der Waals surface area contributed by atoms with Crippen molar-refractivity contribution in [1.82, 2.24) is 10.6 Å². The van der Waals surface area contributed by atoms with Crippen molar-refractivity contribution in [1.29, 1.82) is 0 Å². The quantitative estimate of drug-likeness (QED) is 0.198. The van der Waals surface area contributed by atoms with Gasteiger partial charge in [-0.2, -0.15) is 0 Å². The van der Waals surface area contributed by atoms with Crippen LogP contribution >= 0.6 is 11.8 Å². The van der Waals surface area contributed by atoms with Crippen LogP contribution in [0.1, 0.15) is 52.5 Å². The lowest BCUT2D eigenvalue weighted by Crippen LogP contribution is -2.45. The SMILES string of the molecule is COCCCOc1cc(C[C@@H](C[C@H](N)[C@@H](O)C[C@@H](C(=O)NCC2CSC(=O)N2)C(C)C)C(C)C)ccc1OC. The number of nitrogens with two attached hydrogens (primary N) is 1. The van der Waals surface area contributed by atoms with Gasteiger partial charge in [0.1, 0.15) is 0 Å². The van der Waals surface area contributed by atoms with Crippen molar-refractivity contribution in [2.45, 2.75) is 71.6 Å². The Labute approximate surface area is 238 Å². The maximum atomic E-state index is 12.9. The van der Waals surface area contributed by atoms with E-state index in [9.17, 15) is 14.7 Å². The minimum absolute atomic E-state index is 0.0434. The maximum absolute atomic E-state index is 12.9. The van der Waals surface area contributed by atoms with Gasteiger partial charge in [-0.1, -0.05) is 45.5 Å². The van der Waals surface area contributed by atoms with Crippen molar-refractivity contribution in [3.63, 3.8) is 0 Å². The number of ether oxygens (including phenoxy) is 3. The van der Waals surface area contributed by atoms with Gasteiger partial charge in [0, 0.05) is 44.4 Å². The van der Waals surface area contributed by atoms with Crippen molar-refractivity contribution >= 4 is 22.9 Å². The predicted octanol–water partition coefficient (Wildman–Crippen LogP) is 3.61. The number of hydrogen-bond donors (Lipinski definition) is 4. The zero-order valence-electron chi connectivity index (χ0n) is 24.4. The second kappa shape index (κ2) is 16.9. The molecule has 5 N–H and O–H groups in total. The number of nitrogens with one attached hydrogen (secondary N) is 2. The summed E-state index contributed by atoms with van der Waals surface area (Å²) in [4.78, 5) is 24.3. The van der Waals surface area contributed by atoms with Crippen molar-refractivity contribution in [3.8, 4) is 11.5 Å². The number of hydrogen-bond acceptors (Lipinski definition) is 8. The number of methoxy groups -OCH3 is 2. The first-order valence-electron chi connectivity index (χ1n) is 14.0. The molecule has 1 saturated heterocycles. The van der Waals surface area contributed by atoms with E-state index in [2.05, 4.69) is 24.5 Å². The fourth-order valence-electron chi connectivity index (χ4n) is 4.75. The average molecular weight is 568 g/mol. The molecule has 0 radical (unpaired) electrons. The molecule has 0 aliphatic carbocycles. The molecule has 39 heavy (non-hydrogen) atoms. The lowest BCUT2D eigenvalue weighted by Gasteiger charge is -2.30. The number of rotatable bonds is 18. The fraction of sp³-hybridized carbons (Fsp3) is 0.724. The number of aliphatic hydroxyl groups excluding tert-OH is 1. The van der Waals surface area contributed by atoms with E-state index in [0.717, 1.165) is 18.4 Å². The number of amides is 2. The van der Waals surface area contributed by atoms with Crippen LogP contribution in [-0.4, -0.2) is 74.2 Å². The van der Waals surface area contributed by atoms with Crippen LogP contribution < -0.4 is 25.8 Å². The van der Waals surface area contributed by atoms with Crippen molar-refractivity contribution in [3.05, 3.63) is 23.8 Å². The van der Waals surface area contributed by atoms with Crippen LogP contribution in [-0.2, 0) is 16.0 Å². The molecule has 1 aliphatic heterocycles. The Morgan fingerprint density at radius 1 is 1.15 bits per heavy atom. The lowest BCUT2D eigenvalue weighted by atomic mass is 9.81. The van der Waals surface area contributed by atoms with Crippen LogP contribution in [0.3, 0.4) is 0 Å². The highest BCUT2D eigenvalue weighted by Gasteiger charge is 2.31. The van der Waals surface area contributed by atoms with Crippen LogP contribution in [0.5, 0.6) is 11.5 Å². The number of carbonyl (C=O) groups is 2. The highest BCUT2D eigenvalue weighted by atomic mass is 32.2. The van der Waals surface area contributed by atoms with Gasteiger partial charge in [-0.3, -0.25) is 9.59 Å². The Hall–Kier alpha value is -2.01. The molecule has 0 spiro atoms. The van der Waals surface area contributed by atoms with Crippen LogP contribution in [0.25, 0.3) is 0 Å². The van der Waals surface area contributed by atoms with E-state index < -0.39 is 12.1 Å². The van der Waals surface area contributed by atoms with Crippen molar-refractivity contribution in [2.75, 3.05) is 39.7 Å². The second-order valence-corrected chi connectivity index (χ2v) is 12.1. The van der Waals surface area contributed by atoms with Gasteiger partial charge >= 0.3 is 0 Å². The van der Waals surface area contributed by atoms with E-state index in [1.807, 2.05) is 32.0 Å². The minimum atomic E-state index is -0.804. The zero-order valence-corrected chi connectivity index (χ0v) is 25.2. The van der Waals surface area contributed by atoms with Crippen LogP contribution in [0.2, 0.25) is 0 Å². The molecule has 1 unspecified atom stereocenters. The third kappa shape index (κ3) is 11.2. The number of benzene rings is 1. The van der Waals surface area contributed by atoms with Gasteiger partial charge in [-0.25, -0.2) is 0 Å². The molecule has 9 nitrogen and oxygen atoms in total. The third-order valence-electron chi connectivity index (χ3n) is 7.39. The van der Waals surface area contributed by atoms with Gasteiger partial charge in [-0.05, 0) is 54.7 Å². The van der Waals surface area contributed by atoms with Crippen LogP contribution in [0.4, 0.5) is 4.79 Å². The molecule has 1 fully saturated rings. The Morgan fingerprint density at radius 3 is 2.49 bits per heavy atom. The highest BCUT2D eigenvalue weighted by Crippen LogP contribution is 2.32. The van der Waals surface area contributed by atoms with Gasteiger partial charge < -0.3 is 35.7 Å². The van der Waals surface area contributed by atoms with Gasteiger partial charge in [0.15, 0.2) is 11.5 Å². The molecule has 10 heteroatoms. The highest BCUT2D eigenvalue weighted by molar-refractivity contribution is 8.13. The summed E-state index contributed by atoms with van der Waals surface area (Å²) in [7, 11) is 3.30. The molecule has 1 heterocycles. The zero-order chi connectivity index (χ0) is 28.9. The molecule has 1 aromatic carbocycles. The minimum Gasteiger partial charge on any atom is -0.493 e. The van der Waals surface area contributed by atoms with Gasteiger partial charge in [0.05, 0.1) is 25.9 Å². The monoisotopic (exact) mass is 567 g/mol. The molecule has 0 bridgehead atoms. The summed E-state index contributed by atoms with van der Waals surface area (Å²) in [5, 5.41) is 16.8. The Bertz CT molecular complexity index is 900. The molecule has 2 rings (SSSR count). The Balaban J connectivity index is 1.97. The average Bonchev–Trinajstić information content (AvgIpc) is 3.32. The van der Waals surface area contributed by atoms with E-state index in [-0.39, 0.29) is 34.9 Å². The third-order valence-corrected chi connectivity index (χ3v) is 8.33. The molecule has 5 atom stereocenters. The van der Waals surface area contributed by atoms with E-state index >= 15 is 0 Å². The Morgan fingerprint density at radius 2 is 1.90 bits per heavy atom. The lowest BCUT2D eigenvalue weighted by molar-refractivity contribution is -0.127. The summed E-state index contributed by atoms with van der Waals surface area (Å²) in [5.41, 5.74) is 7.65. The summed E-state index contributed by atoms with van der Waals surface area (Å²) in [6.07, 6.45) is 1.70. The molecule has 0 aromatic heterocycles. The van der Waals surface area contributed by atoms with Crippen molar-refractivity contribution < 1.29 is 28.9 Å². The smallest absolute Gasteiger partial charge is 0.279 e. The summed E-state index contributed by atoms with van der Waals surface area (Å²) in [5.74, 6) is 2.19. The Kier molecular flexibility index (Phi) is 14.4. The van der Waals surface area contributed by atoms with E-state index in [0.29, 0.717) is 55.8 Å². The topological polar surface area (TPSA) is 132 Å². The first-order chi connectivity index (χ1) is 18.5. The maximum Gasteiger partial charge on any atom is 0.279 e. The van der Waals surface area contributed by atoms with Gasteiger partial charge in [0.25, 0.3) is 5.24 Å². The number of aliphatic hydroxyl groups is 1. The molecule has 1 aliphatic rings.